The van der Waals surface area contributed by atoms with Crippen molar-refractivity contribution >= 4 is 0 Å². The van der Waals surface area contributed by atoms with Crippen LogP contribution in [0.4, 0.5) is 0 Å². The van der Waals surface area contributed by atoms with Gasteiger partial charge in [-0.25, -0.2) is 9.78 Å². The summed E-state index contributed by atoms with van der Waals surface area (Å²) in [5, 5.41) is 0. The second-order valence-electron chi connectivity index (χ2n) is 5.80. The zero-order valence-electron chi connectivity index (χ0n) is 11.2. The molecule has 3 nitrogen and oxygen atoms in total. The summed E-state index contributed by atoms with van der Waals surface area (Å²) in [7, 11) is 0. The van der Waals surface area contributed by atoms with Crippen molar-refractivity contribution in [2.45, 2.75) is 76.1 Å². The van der Waals surface area contributed by atoms with Crippen LogP contribution in [0.15, 0.2) is 11.6 Å². The fourth-order valence-electron chi connectivity index (χ4n) is 3.29. The predicted octanol–water partition coefficient (Wildman–Crippen LogP) is 3.88. The van der Waals surface area contributed by atoms with Gasteiger partial charge in [0.25, 0.3) is 0 Å². The molecular weight excluding hydrogens is 228 g/mol. The Morgan fingerprint density at radius 3 is 2.83 bits per heavy atom. The molecule has 2 fully saturated rings. The number of rotatable bonds is 0. The van der Waals surface area contributed by atoms with Gasteiger partial charge in [0.2, 0.25) is 5.79 Å². The lowest BCUT2D eigenvalue weighted by atomic mass is 9.95. The first-order chi connectivity index (χ1) is 8.88. The average Bonchev–Trinajstić information content (AvgIpc) is 2.79. The predicted molar refractivity (Wildman–Crippen MR) is 68.9 cm³/mol. The Hall–Kier alpha value is -0.380. The lowest BCUT2D eigenvalue weighted by Crippen LogP contribution is -2.38. The van der Waals surface area contributed by atoms with E-state index in [9.17, 15) is 0 Å². The van der Waals surface area contributed by atoms with Gasteiger partial charge in [-0.15, -0.1) is 0 Å². The number of ether oxygens (including phenoxy) is 1. The SMILES string of the molecule is C1=C2/CCOC3(CCCC3)OOC2CCCCC/1. The van der Waals surface area contributed by atoms with E-state index in [-0.39, 0.29) is 6.10 Å². The minimum Gasteiger partial charge on any atom is -0.347 e. The molecule has 18 heavy (non-hydrogen) atoms. The number of allylic oxidation sites excluding steroid dienone is 1. The molecule has 2 aliphatic carbocycles. The molecule has 1 atom stereocenters. The van der Waals surface area contributed by atoms with Gasteiger partial charge in [-0.3, -0.25) is 0 Å². The summed E-state index contributed by atoms with van der Waals surface area (Å²) in [5.74, 6) is -0.423. The summed E-state index contributed by atoms with van der Waals surface area (Å²) >= 11 is 0. The van der Waals surface area contributed by atoms with Gasteiger partial charge in [-0.1, -0.05) is 18.9 Å². The van der Waals surface area contributed by atoms with E-state index in [1.807, 2.05) is 0 Å². The fraction of sp³-hybridized carbons (Fsp3) is 0.867. The van der Waals surface area contributed by atoms with Gasteiger partial charge in [0.05, 0.1) is 6.61 Å². The van der Waals surface area contributed by atoms with Crippen LogP contribution in [0.2, 0.25) is 0 Å². The van der Waals surface area contributed by atoms with Crippen molar-refractivity contribution in [1.82, 2.24) is 0 Å². The Morgan fingerprint density at radius 2 is 1.94 bits per heavy atom. The van der Waals surface area contributed by atoms with Crippen LogP contribution < -0.4 is 0 Å². The molecule has 1 saturated carbocycles. The third kappa shape index (κ3) is 2.79. The maximum Gasteiger partial charge on any atom is 0.201 e. The van der Waals surface area contributed by atoms with Crippen LogP contribution in [0.3, 0.4) is 0 Å². The van der Waals surface area contributed by atoms with E-state index in [1.165, 1.54) is 44.1 Å². The van der Waals surface area contributed by atoms with Gasteiger partial charge < -0.3 is 4.74 Å². The minimum atomic E-state index is -0.423. The highest BCUT2D eigenvalue weighted by Gasteiger charge is 2.39. The standard InChI is InChI=1S/C15H24O3/c1-2-4-8-14-13(7-3-1)9-12-16-15(18-17-14)10-5-6-11-15/h7,14H,1-6,8-12H2/b13-7-. The van der Waals surface area contributed by atoms with Crippen molar-refractivity contribution in [3.8, 4) is 0 Å². The van der Waals surface area contributed by atoms with Crippen LogP contribution in [0.25, 0.3) is 0 Å². The number of hydrogen-bond donors (Lipinski definition) is 0. The van der Waals surface area contributed by atoms with Gasteiger partial charge in [0.1, 0.15) is 6.10 Å². The Balaban J connectivity index is 1.69. The highest BCUT2D eigenvalue weighted by molar-refractivity contribution is 5.09. The second-order valence-corrected chi connectivity index (χ2v) is 5.80. The topological polar surface area (TPSA) is 27.7 Å². The van der Waals surface area contributed by atoms with Crippen LogP contribution in [0.5, 0.6) is 0 Å². The molecule has 1 aliphatic heterocycles. The van der Waals surface area contributed by atoms with E-state index in [4.69, 9.17) is 14.5 Å². The Kier molecular flexibility index (Phi) is 4.02. The summed E-state index contributed by atoms with van der Waals surface area (Å²) < 4.78 is 5.96. The minimum absolute atomic E-state index is 0.173. The van der Waals surface area contributed by atoms with Gasteiger partial charge in [0.15, 0.2) is 0 Å². The van der Waals surface area contributed by atoms with Crippen molar-refractivity contribution < 1.29 is 14.5 Å². The molecule has 0 bridgehead atoms. The van der Waals surface area contributed by atoms with Crippen molar-refractivity contribution in [3.63, 3.8) is 0 Å². The molecule has 0 N–H and O–H groups in total. The van der Waals surface area contributed by atoms with Crippen molar-refractivity contribution in [2.75, 3.05) is 6.61 Å². The first-order valence-corrected chi connectivity index (χ1v) is 7.55. The molecule has 1 heterocycles. The summed E-state index contributed by atoms with van der Waals surface area (Å²) in [4.78, 5) is 11.5. The summed E-state index contributed by atoms with van der Waals surface area (Å²) in [6, 6.07) is 0. The first-order valence-electron chi connectivity index (χ1n) is 7.55. The summed E-state index contributed by atoms with van der Waals surface area (Å²) in [5.41, 5.74) is 1.39. The van der Waals surface area contributed by atoms with E-state index >= 15 is 0 Å². The molecule has 3 aliphatic rings. The molecule has 1 saturated heterocycles. The Morgan fingerprint density at radius 1 is 1.06 bits per heavy atom. The molecule has 0 aromatic rings. The van der Waals surface area contributed by atoms with E-state index in [0.29, 0.717) is 0 Å². The van der Waals surface area contributed by atoms with Crippen LogP contribution >= 0.6 is 0 Å². The zero-order valence-corrected chi connectivity index (χ0v) is 11.2. The molecule has 102 valence electrons. The van der Waals surface area contributed by atoms with E-state index in [2.05, 4.69) is 6.08 Å². The molecule has 3 heteroatoms. The summed E-state index contributed by atoms with van der Waals surface area (Å²) in [6.45, 7) is 0.783. The molecule has 1 unspecified atom stereocenters. The average molecular weight is 252 g/mol. The molecular formula is C15H24O3. The Bertz CT molecular complexity index is 305. The lowest BCUT2D eigenvalue weighted by Gasteiger charge is -2.34. The Labute approximate surface area is 109 Å². The molecule has 0 aromatic carbocycles. The van der Waals surface area contributed by atoms with Crippen molar-refractivity contribution in [2.24, 2.45) is 0 Å². The second kappa shape index (κ2) is 5.72. The number of fused-ring (bicyclic) bond motifs is 1. The van der Waals surface area contributed by atoms with E-state index in [1.54, 1.807) is 0 Å². The van der Waals surface area contributed by atoms with Crippen molar-refractivity contribution in [1.29, 1.82) is 0 Å². The molecule has 0 aromatic heterocycles. The first kappa shape index (κ1) is 12.6. The normalized spacial score (nSPS) is 35.8. The zero-order chi connectivity index (χ0) is 12.3. The van der Waals surface area contributed by atoms with Gasteiger partial charge in [0, 0.05) is 12.8 Å². The molecule has 1 spiro atoms. The van der Waals surface area contributed by atoms with Crippen LogP contribution in [0, 0.1) is 0 Å². The highest BCUT2D eigenvalue weighted by Crippen LogP contribution is 2.37. The van der Waals surface area contributed by atoms with E-state index in [0.717, 1.165) is 32.3 Å². The molecule has 0 amide bonds. The monoisotopic (exact) mass is 252 g/mol. The van der Waals surface area contributed by atoms with Crippen molar-refractivity contribution in [3.05, 3.63) is 11.6 Å². The third-order valence-corrected chi connectivity index (χ3v) is 4.43. The van der Waals surface area contributed by atoms with Crippen LogP contribution in [0.1, 0.15) is 64.2 Å². The highest BCUT2D eigenvalue weighted by atomic mass is 17.2. The van der Waals surface area contributed by atoms with Gasteiger partial charge >= 0.3 is 0 Å². The molecule has 0 radical (unpaired) electrons. The number of hydrogen-bond acceptors (Lipinski definition) is 3. The smallest absolute Gasteiger partial charge is 0.201 e. The fourth-order valence-corrected chi connectivity index (χ4v) is 3.29. The maximum atomic E-state index is 5.96. The largest absolute Gasteiger partial charge is 0.347 e. The van der Waals surface area contributed by atoms with E-state index < -0.39 is 5.79 Å². The molecule has 3 rings (SSSR count). The third-order valence-electron chi connectivity index (χ3n) is 4.43. The summed E-state index contributed by atoms with van der Waals surface area (Å²) in [6.07, 6.45) is 14.0. The quantitative estimate of drug-likeness (QED) is 0.483. The van der Waals surface area contributed by atoms with Crippen LogP contribution in [-0.4, -0.2) is 18.5 Å². The maximum absolute atomic E-state index is 5.96. The lowest BCUT2D eigenvalue weighted by molar-refractivity contribution is -0.444. The van der Waals surface area contributed by atoms with Gasteiger partial charge in [-0.2, -0.15) is 0 Å². The van der Waals surface area contributed by atoms with Crippen LogP contribution in [-0.2, 0) is 14.5 Å². The van der Waals surface area contributed by atoms with Gasteiger partial charge in [-0.05, 0) is 44.1 Å².